The Morgan fingerprint density at radius 2 is 0.778 bits per heavy atom. The molecule has 0 aromatic heterocycles. The molecule has 0 saturated carbocycles. The second kappa shape index (κ2) is 18.3. The van der Waals surface area contributed by atoms with E-state index in [0.717, 1.165) is 48.5 Å². The van der Waals surface area contributed by atoms with Gasteiger partial charge in [0.25, 0.3) is 0 Å². The zero-order valence-electron chi connectivity index (χ0n) is 32.8. The number of benzene rings is 6. The van der Waals surface area contributed by atoms with E-state index in [2.05, 4.69) is 0 Å². The summed E-state index contributed by atoms with van der Waals surface area (Å²) >= 11 is 0. The van der Waals surface area contributed by atoms with Crippen LogP contribution >= 0.6 is 0 Å². The van der Waals surface area contributed by atoms with Crippen LogP contribution in [0.15, 0.2) is 157 Å². The molecule has 0 radical (unpaired) electrons. The highest BCUT2D eigenvalue weighted by atomic mass is 32.2. The van der Waals surface area contributed by atoms with E-state index in [-0.39, 0.29) is 33.4 Å². The molecule has 0 N–H and O–H groups in total. The van der Waals surface area contributed by atoms with E-state index in [9.17, 15) is 66.5 Å². The van der Waals surface area contributed by atoms with E-state index in [1.54, 1.807) is 54.8 Å². The van der Waals surface area contributed by atoms with Crippen LogP contribution in [-0.4, -0.2) is 29.9 Å². The first kappa shape index (κ1) is 47.9. The fourth-order valence-corrected chi connectivity index (χ4v) is 8.55. The fourth-order valence-electron chi connectivity index (χ4n) is 7.00. The lowest BCUT2D eigenvalue weighted by atomic mass is 9.13. The lowest BCUT2D eigenvalue weighted by Crippen LogP contribution is -2.74. The normalized spacial score (nSPS) is 13.3. The standard InChI is InChI=1S/C28H16BF12.C17H17O4S/c30-25(31,32)17-1-9-21(10-2-17)29(22-11-3-18(4-12-22)26(33,34)35,23-13-5-19(6-14-23)27(36,37)38)24-15-7-20(8-16-24)28(39,40)41;1-13(18)21-15-8-10-16(11-9-15)22(2,20)12-17(19)14-6-4-3-5-7-14/h1-16H;3-11H,12H2,1-2H3/q-1;+1. The topological polar surface area (TPSA) is 60.4 Å². The largest absolute Gasteiger partial charge is 0.427 e. The lowest BCUT2D eigenvalue weighted by molar-refractivity contribution is -0.138. The number of hydrogen-bond acceptors (Lipinski definition) is 4. The fraction of sp³-hybridized carbons (Fsp3) is 0.156. The maximum atomic E-state index is 13.3. The van der Waals surface area contributed by atoms with Gasteiger partial charge in [-0.3, -0.25) is 9.59 Å². The van der Waals surface area contributed by atoms with Crippen LogP contribution in [0.3, 0.4) is 0 Å². The van der Waals surface area contributed by atoms with Gasteiger partial charge >= 0.3 is 30.7 Å². The van der Waals surface area contributed by atoms with Crippen molar-refractivity contribution in [1.82, 2.24) is 0 Å². The molecule has 1 unspecified atom stereocenters. The summed E-state index contributed by atoms with van der Waals surface area (Å²) in [6, 6.07) is 28.8. The third kappa shape index (κ3) is 11.5. The zero-order chi connectivity index (χ0) is 46.6. The van der Waals surface area contributed by atoms with Crippen molar-refractivity contribution in [3.05, 3.63) is 179 Å². The summed E-state index contributed by atoms with van der Waals surface area (Å²) in [4.78, 5) is 23.6. The van der Waals surface area contributed by atoms with Gasteiger partial charge in [-0.25, -0.2) is 0 Å². The van der Waals surface area contributed by atoms with Gasteiger partial charge in [0.15, 0.2) is 10.6 Å². The van der Waals surface area contributed by atoms with Gasteiger partial charge in [0.1, 0.15) is 28.1 Å². The van der Waals surface area contributed by atoms with Gasteiger partial charge in [-0.1, -0.05) is 132 Å². The van der Waals surface area contributed by atoms with Crippen molar-refractivity contribution < 1.29 is 71.2 Å². The van der Waals surface area contributed by atoms with Gasteiger partial charge < -0.3 is 4.74 Å². The van der Waals surface area contributed by atoms with Gasteiger partial charge in [0.2, 0.25) is 5.78 Å². The number of esters is 1. The highest BCUT2D eigenvalue weighted by Gasteiger charge is 2.38. The maximum Gasteiger partial charge on any atom is 0.416 e. The Labute approximate surface area is 353 Å². The van der Waals surface area contributed by atoms with Crippen LogP contribution < -0.4 is 26.6 Å². The monoisotopic (exact) mass is 908 g/mol. The average Bonchev–Trinajstić information content (AvgIpc) is 3.21. The van der Waals surface area contributed by atoms with E-state index in [1.807, 2.05) is 6.07 Å². The number of ketones is 1. The Balaban J connectivity index is 0.000000286. The molecule has 0 saturated heterocycles. The molecule has 0 amide bonds. The van der Waals surface area contributed by atoms with Gasteiger partial charge in [-0.15, -0.1) is 0 Å². The predicted octanol–water partition coefficient (Wildman–Crippen LogP) is 10.1. The lowest BCUT2D eigenvalue weighted by Gasteiger charge is -2.44. The smallest absolute Gasteiger partial charge is 0.416 e. The molecule has 18 heteroatoms. The van der Waals surface area contributed by atoms with Crippen LogP contribution in [0.1, 0.15) is 39.5 Å². The quantitative estimate of drug-likeness (QED) is 0.0362. The summed E-state index contributed by atoms with van der Waals surface area (Å²) in [5, 5.41) is 0. The number of ether oxygens (including phenoxy) is 1. The SMILES string of the molecule is CC(=O)Oc1ccc([S+](C)(=O)CC(=O)c2ccccc2)cc1.FC(F)(F)c1ccc([B-](c2ccc(C(F)(F)F)cc2)(c2ccc(C(F)(F)F)cc2)c2ccc(C(F)(F)F)cc2)cc1. The first-order valence-electron chi connectivity index (χ1n) is 18.4. The molecule has 0 aliphatic rings. The molecule has 0 heterocycles. The summed E-state index contributed by atoms with van der Waals surface area (Å²) in [6.07, 6.45) is -20.4. The summed E-state index contributed by atoms with van der Waals surface area (Å²) in [5.41, 5.74) is -3.74. The van der Waals surface area contributed by atoms with Crippen molar-refractivity contribution >= 4 is 49.7 Å². The number of rotatable bonds is 9. The van der Waals surface area contributed by atoms with Crippen LogP contribution in [0.4, 0.5) is 52.7 Å². The van der Waals surface area contributed by atoms with Crippen LogP contribution in [0, 0.1) is 0 Å². The number of Topliss-reactive ketones (excluding diaryl/α,β-unsaturated/α-hetero) is 1. The summed E-state index contributed by atoms with van der Waals surface area (Å²) in [5.74, 6) is -0.230. The van der Waals surface area contributed by atoms with Crippen molar-refractivity contribution in [2.24, 2.45) is 0 Å². The number of hydrogen-bond donors (Lipinski definition) is 0. The van der Waals surface area contributed by atoms with E-state index in [0.29, 0.717) is 64.7 Å². The minimum absolute atomic E-state index is 0.0114. The molecule has 0 fully saturated rings. The Hall–Kier alpha value is -6.17. The minimum Gasteiger partial charge on any atom is -0.427 e. The molecule has 4 nitrogen and oxygen atoms in total. The van der Waals surface area contributed by atoms with E-state index in [1.165, 1.54) is 6.92 Å². The summed E-state index contributed by atoms with van der Waals surface area (Å²) < 4.78 is 178. The van der Waals surface area contributed by atoms with Crippen LogP contribution in [0.2, 0.25) is 0 Å². The van der Waals surface area contributed by atoms with Crippen molar-refractivity contribution in [1.29, 1.82) is 0 Å². The van der Waals surface area contributed by atoms with Gasteiger partial charge in [0.05, 0.1) is 22.3 Å². The summed E-state index contributed by atoms with van der Waals surface area (Å²) in [6.45, 7) is 1.31. The van der Waals surface area contributed by atoms with Crippen molar-refractivity contribution in [3.8, 4) is 5.75 Å². The minimum atomic E-state index is -4.77. The predicted molar refractivity (Wildman–Crippen MR) is 216 cm³/mol. The zero-order valence-corrected chi connectivity index (χ0v) is 33.6. The van der Waals surface area contributed by atoms with E-state index >= 15 is 0 Å². The van der Waals surface area contributed by atoms with Crippen molar-refractivity contribution in [3.63, 3.8) is 0 Å². The van der Waals surface area contributed by atoms with E-state index < -0.39 is 69.0 Å². The average molecular weight is 909 g/mol. The van der Waals surface area contributed by atoms with Gasteiger partial charge in [-0.05, 0) is 24.3 Å². The molecule has 0 bridgehead atoms. The maximum absolute atomic E-state index is 13.3. The Morgan fingerprint density at radius 1 is 0.476 bits per heavy atom. The molecule has 0 spiro atoms. The van der Waals surface area contributed by atoms with Crippen molar-refractivity contribution in [2.75, 3.05) is 12.0 Å². The second-order valence-electron chi connectivity index (χ2n) is 14.3. The van der Waals surface area contributed by atoms with E-state index in [4.69, 9.17) is 4.74 Å². The van der Waals surface area contributed by atoms with Crippen molar-refractivity contribution in [2.45, 2.75) is 36.5 Å². The molecule has 6 aromatic rings. The molecule has 0 aliphatic heterocycles. The molecule has 6 aromatic carbocycles. The van der Waals surface area contributed by atoms with Gasteiger partial charge in [0, 0.05) is 12.5 Å². The highest BCUT2D eigenvalue weighted by Crippen LogP contribution is 2.33. The van der Waals surface area contributed by atoms with Crippen LogP contribution in [-0.2, 0) is 43.6 Å². The number of halogens is 12. The number of alkyl halides is 12. The summed E-state index contributed by atoms with van der Waals surface area (Å²) in [7, 11) is -2.49. The van der Waals surface area contributed by atoms with Crippen LogP contribution in [0.25, 0.3) is 0 Å². The molecule has 6 rings (SSSR count). The molecule has 1 atom stereocenters. The van der Waals surface area contributed by atoms with Gasteiger partial charge in [-0.2, -0.15) is 74.5 Å². The third-order valence-electron chi connectivity index (χ3n) is 10.0. The molecule has 63 heavy (non-hydrogen) atoms. The Morgan fingerprint density at radius 3 is 1.05 bits per heavy atom. The Kier molecular flexibility index (Phi) is 13.9. The second-order valence-corrected chi connectivity index (χ2v) is 17.1. The molecule has 0 aliphatic carbocycles. The Bertz CT molecular complexity index is 2320. The first-order chi connectivity index (χ1) is 29.2. The molecule has 330 valence electrons. The third-order valence-corrected chi connectivity index (χ3v) is 12.1. The first-order valence-corrected chi connectivity index (χ1v) is 20.6. The van der Waals surface area contributed by atoms with Crippen LogP contribution in [0.5, 0.6) is 5.75 Å². The number of carbonyl (C=O) groups is 2. The number of carbonyl (C=O) groups excluding carboxylic acids is 2. The molecular formula is C45H33BF12O4S. The molecular weight excluding hydrogens is 875 g/mol. The highest BCUT2D eigenvalue weighted by molar-refractivity contribution is 8.03.